The summed E-state index contributed by atoms with van der Waals surface area (Å²) in [7, 11) is 0. The number of hydrogen-bond donors (Lipinski definition) is 2. The lowest BCUT2D eigenvalue weighted by molar-refractivity contribution is -0.124. The molecule has 2 heterocycles. The van der Waals surface area contributed by atoms with Crippen LogP contribution in [0.15, 0.2) is 6.07 Å². The van der Waals surface area contributed by atoms with E-state index in [1.807, 2.05) is 6.07 Å². The number of carbonyl (C=O) groups excluding carboxylic acids is 1. The van der Waals surface area contributed by atoms with Crippen molar-refractivity contribution < 1.29 is 4.79 Å². The highest BCUT2D eigenvalue weighted by Gasteiger charge is 2.30. The first kappa shape index (κ1) is 11.5. The van der Waals surface area contributed by atoms with Crippen LogP contribution in [0.5, 0.6) is 0 Å². The van der Waals surface area contributed by atoms with E-state index >= 15 is 0 Å². The number of thiophene rings is 1. The van der Waals surface area contributed by atoms with Crippen molar-refractivity contribution in [3.63, 3.8) is 0 Å². The molecular weight excluding hydrogens is 256 g/mol. The van der Waals surface area contributed by atoms with Gasteiger partial charge in [0.05, 0.1) is 10.4 Å². The molecule has 3 nitrogen and oxygen atoms in total. The zero-order chi connectivity index (χ0) is 11.8. The van der Waals surface area contributed by atoms with Crippen molar-refractivity contribution in [2.24, 2.45) is 0 Å². The lowest BCUT2D eigenvalue weighted by Crippen LogP contribution is -2.49. The number of fused-ring (bicyclic) bond motifs is 1. The van der Waals surface area contributed by atoms with Crippen LogP contribution in [-0.2, 0) is 11.2 Å². The molecule has 5 heteroatoms. The molecule has 0 spiro atoms. The molecule has 0 saturated carbocycles. The number of aryl methyl sites for hydroxylation is 1. The monoisotopic (exact) mass is 270 g/mol. The Labute approximate surface area is 110 Å². The van der Waals surface area contributed by atoms with E-state index in [0.717, 1.165) is 36.6 Å². The number of hydrogen-bond acceptors (Lipinski definition) is 3. The molecule has 2 N–H and O–H groups in total. The van der Waals surface area contributed by atoms with Crippen LogP contribution >= 0.6 is 22.9 Å². The van der Waals surface area contributed by atoms with Gasteiger partial charge in [0.1, 0.15) is 0 Å². The van der Waals surface area contributed by atoms with Crippen molar-refractivity contribution in [1.82, 2.24) is 10.6 Å². The Kier molecular flexibility index (Phi) is 3.11. The minimum Gasteiger partial charge on any atom is -0.355 e. The summed E-state index contributed by atoms with van der Waals surface area (Å²) in [5.74, 6) is 0.144. The van der Waals surface area contributed by atoms with Gasteiger partial charge in [-0.1, -0.05) is 11.6 Å². The van der Waals surface area contributed by atoms with Gasteiger partial charge in [-0.25, -0.2) is 0 Å². The maximum Gasteiger partial charge on any atom is 0.237 e. The molecule has 1 aromatic rings. The van der Waals surface area contributed by atoms with Crippen LogP contribution in [0.1, 0.15) is 35.7 Å². The molecule has 0 bridgehead atoms. The summed E-state index contributed by atoms with van der Waals surface area (Å²) in [6.45, 7) is 0.817. The largest absolute Gasteiger partial charge is 0.355 e. The van der Waals surface area contributed by atoms with E-state index in [1.165, 1.54) is 10.4 Å². The number of rotatable bonds is 2. The van der Waals surface area contributed by atoms with Crippen LogP contribution in [-0.4, -0.2) is 18.5 Å². The number of amides is 1. The molecule has 92 valence electrons. The lowest BCUT2D eigenvalue weighted by atomic mass is 10.0. The number of nitrogens with one attached hydrogen (secondary N) is 2. The summed E-state index contributed by atoms with van der Waals surface area (Å²) in [5, 5.41) is 6.38. The highest BCUT2D eigenvalue weighted by atomic mass is 35.5. The van der Waals surface area contributed by atoms with Crippen LogP contribution in [0.25, 0.3) is 0 Å². The quantitative estimate of drug-likeness (QED) is 0.866. The molecule has 2 atom stereocenters. The van der Waals surface area contributed by atoms with E-state index in [2.05, 4.69) is 10.6 Å². The third-order valence-electron chi connectivity index (χ3n) is 3.53. The van der Waals surface area contributed by atoms with Crippen LogP contribution in [0.4, 0.5) is 0 Å². The van der Waals surface area contributed by atoms with E-state index in [1.54, 1.807) is 11.3 Å². The van der Waals surface area contributed by atoms with Crippen molar-refractivity contribution in [3.05, 3.63) is 20.8 Å². The third kappa shape index (κ3) is 2.21. The first-order valence-corrected chi connectivity index (χ1v) is 7.25. The number of halogens is 1. The topological polar surface area (TPSA) is 41.1 Å². The van der Waals surface area contributed by atoms with Gasteiger partial charge in [0.15, 0.2) is 0 Å². The van der Waals surface area contributed by atoms with Gasteiger partial charge in [-0.05, 0) is 37.3 Å². The van der Waals surface area contributed by atoms with Gasteiger partial charge in [0.2, 0.25) is 5.91 Å². The van der Waals surface area contributed by atoms with Crippen molar-refractivity contribution in [1.29, 1.82) is 0 Å². The molecule has 1 aromatic heterocycles. The Hall–Kier alpha value is -0.580. The van der Waals surface area contributed by atoms with Crippen molar-refractivity contribution in [2.75, 3.05) is 6.54 Å². The Bertz CT molecular complexity index is 446. The molecule has 1 saturated heterocycles. The molecule has 1 fully saturated rings. The highest BCUT2D eigenvalue weighted by Crippen LogP contribution is 2.39. The molecule has 17 heavy (non-hydrogen) atoms. The molecule has 3 rings (SSSR count). The maximum absolute atomic E-state index is 11.7. The SMILES string of the molecule is O=C1NCCCC1NC1CCc2sc(Cl)cc21. The van der Waals surface area contributed by atoms with Gasteiger partial charge in [-0.2, -0.15) is 0 Å². The second-order valence-electron chi connectivity index (χ2n) is 4.67. The second-order valence-corrected chi connectivity index (χ2v) is 6.44. The molecule has 2 aliphatic rings. The highest BCUT2D eigenvalue weighted by molar-refractivity contribution is 7.16. The summed E-state index contributed by atoms with van der Waals surface area (Å²) < 4.78 is 0.856. The van der Waals surface area contributed by atoms with Gasteiger partial charge in [0, 0.05) is 17.5 Å². The first-order chi connectivity index (χ1) is 8.24. The second kappa shape index (κ2) is 4.59. The van der Waals surface area contributed by atoms with E-state index < -0.39 is 0 Å². The molecule has 0 radical (unpaired) electrons. The van der Waals surface area contributed by atoms with Gasteiger partial charge < -0.3 is 5.32 Å². The Morgan fingerprint density at radius 3 is 3.12 bits per heavy atom. The fourth-order valence-corrected chi connectivity index (χ4v) is 4.03. The molecule has 1 aliphatic heterocycles. The number of carbonyl (C=O) groups is 1. The minimum absolute atomic E-state index is 0.0293. The molecule has 0 aromatic carbocycles. The Morgan fingerprint density at radius 2 is 2.29 bits per heavy atom. The fourth-order valence-electron chi connectivity index (χ4n) is 2.68. The van der Waals surface area contributed by atoms with Gasteiger partial charge >= 0.3 is 0 Å². The van der Waals surface area contributed by atoms with E-state index in [0.29, 0.717) is 6.04 Å². The molecular formula is C12H15ClN2OS. The van der Waals surface area contributed by atoms with Crippen LogP contribution in [0.3, 0.4) is 0 Å². The summed E-state index contributed by atoms with van der Waals surface area (Å²) in [6.07, 6.45) is 4.17. The normalized spacial score (nSPS) is 27.9. The van der Waals surface area contributed by atoms with Crippen LogP contribution in [0.2, 0.25) is 4.34 Å². The zero-order valence-corrected chi connectivity index (χ0v) is 11.0. The first-order valence-electron chi connectivity index (χ1n) is 6.06. The van der Waals surface area contributed by atoms with Gasteiger partial charge in [0.25, 0.3) is 0 Å². The summed E-state index contributed by atoms with van der Waals surface area (Å²) in [6, 6.07) is 2.33. The van der Waals surface area contributed by atoms with Crippen molar-refractivity contribution in [2.45, 2.75) is 37.8 Å². The zero-order valence-electron chi connectivity index (χ0n) is 9.46. The summed E-state index contributed by atoms with van der Waals surface area (Å²) in [5.41, 5.74) is 1.30. The Balaban J connectivity index is 1.72. The summed E-state index contributed by atoms with van der Waals surface area (Å²) in [4.78, 5) is 13.1. The molecule has 1 aliphatic carbocycles. The Morgan fingerprint density at radius 1 is 1.41 bits per heavy atom. The smallest absolute Gasteiger partial charge is 0.237 e. The van der Waals surface area contributed by atoms with Crippen molar-refractivity contribution >= 4 is 28.8 Å². The van der Waals surface area contributed by atoms with Crippen LogP contribution in [0, 0.1) is 0 Å². The van der Waals surface area contributed by atoms with E-state index in [9.17, 15) is 4.79 Å². The predicted octanol–water partition coefficient (Wildman–Crippen LogP) is 2.26. The standard InChI is InChI=1S/C12H15ClN2OS/c13-11-6-7-8(3-4-10(7)17-11)15-9-2-1-5-14-12(9)16/h6,8-9,15H,1-5H2,(H,14,16). The minimum atomic E-state index is -0.0293. The van der Waals surface area contributed by atoms with Crippen molar-refractivity contribution in [3.8, 4) is 0 Å². The van der Waals surface area contributed by atoms with Gasteiger partial charge in [-0.15, -0.1) is 11.3 Å². The average molecular weight is 271 g/mol. The predicted molar refractivity (Wildman–Crippen MR) is 69.6 cm³/mol. The van der Waals surface area contributed by atoms with E-state index in [-0.39, 0.29) is 11.9 Å². The third-order valence-corrected chi connectivity index (χ3v) is 4.87. The summed E-state index contributed by atoms with van der Waals surface area (Å²) >= 11 is 7.69. The fraction of sp³-hybridized carbons (Fsp3) is 0.583. The number of piperidine rings is 1. The maximum atomic E-state index is 11.7. The van der Waals surface area contributed by atoms with Gasteiger partial charge in [-0.3, -0.25) is 10.1 Å². The van der Waals surface area contributed by atoms with E-state index in [4.69, 9.17) is 11.6 Å². The molecule has 1 amide bonds. The lowest BCUT2D eigenvalue weighted by Gasteiger charge is -2.26. The molecule has 2 unspecified atom stereocenters. The average Bonchev–Trinajstić information content (AvgIpc) is 2.82. The van der Waals surface area contributed by atoms with Crippen LogP contribution < -0.4 is 10.6 Å².